The summed E-state index contributed by atoms with van der Waals surface area (Å²) in [5.74, 6) is 1.34. The van der Waals surface area contributed by atoms with Gasteiger partial charge in [0.15, 0.2) is 11.5 Å². The third-order valence-corrected chi connectivity index (χ3v) is 5.47. The molecule has 1 aromatic heterocycles. The molecular weight excluding hydrogens is 438 g/mol. The topological polar surface area (TPSA) is 48.1 Å². The second-order valence-corrected chi connectivity index (χ2v) is 7.37. The fourth-order valence-electron chi connectivity index (χ4n) is 2.57. The molecule has 0 amide bonds. The van der Waals surface area contributed by atoms with E-state index in [1.54, 1.807) is 26.5 Å². The van der Waals surface area contributed by atoms with E-state index >= 15 is 0 Å². The third kappa shape index (κ3) is 4.43. The molecule has 28 heavy (non-hydrogen) atoms. The second kappa shape index (κ2) is 9.52. The smallest absolute Gasteiger partial charge is 0.206 e. The van der Waals surface area contributed by atoms with Gasteiger partial charge in [0.2, 0.25) is 4.80 Å². The predicted octanol–water partition coefficient (Wildman–Crippen LogP) is 4.97. The Morgan fingerprint density at radius 1 is 1.14 bits per heavy atom. The number of halogens is 1. The van der Waals surface area contributed by atoms with E-state index in [0.717, 1.165) is 26.1 Å². The van der Waals surface area contributed by atoms with E-state index in [1.165, 1.54) is 11.3 Å². The zero-order chi connectivity index (χ0) is 19.9. The Morgan fingerprint density at radius 2 is 1.93 bits per heavy atom. The summed E-state index contributed by atoms with van der Waals surface area (Å²) in [7, 11) is 3.23. The maximum Gasteiger partial charge on any atom is 0.206 e. The normalized spacial score (nSPS) is 11.8. The fraction of sp³-hybridized carbons (Fsp3) is 0.143. The molecule has 0 aliphatic rings. The number of methoxy groups -OCH3 is 2. The summed E-state index contributed by atoms with van der Waals surface area (Å²) < 4.78 is 13.5. The number of rotatable bonds is 7. The van der Waals surface area contributed by atoms with Crippen molar-refractivity contribution < 1.29 is 9.47 Å². The molecule has 0 aliphatic carbocycles. The van der Waals surface area contributed by atoms with Crippen molar-refractivity contribution in [2.24, 2.45) is 10.1 Å². The fourth-order valence-corrected chi connectivity index (χ4v) is 3.90. The van der Waals surface area contributed by atoms with Crippen molar-refractivity contribution in [3.8, 4) is 22.8 Å². The molecule has 0 atom stereocenters. The van der Waals surface area contributed by atoms with Crippen LogP contribution in [0.3, 0.4) is 0 Å². The van der Waals surface area contributed by atoms with Gasteiger partial charge in [0.1, 0.15) is 0 Å². The van der Waals surface area contributed by atoms with Gasteiger partial charge in [-0.3, -0.25) is 4.99 Å². The first-order valence-corrected chi connectivity index (χ1v) is 10.2. The summed E-state index contributed by atoms with van der Waals surface area (Å²) >= 11 is 5.16. The van der Waals surface area contributed by atoms with Crippen LogP contribution >= 0.6 is 27.3 Å². The van der Waals surface area contributed by atoms with Gasteiger partial charge in [-0.05, 0) is 29.8 Å². The molecule has 0 bridgehead atoms. The van der Waals surface area contributed by atoms with E-state index < -0.39 is 0 Å². The number of ether oxygens (including phenoxy) is 2. The monoisotopic (exact) mass is 457 g/mol. The lowest BCUT2D eigenvalue weighted by molar-refractivity contribution is 0.355. The zero-order valence-corrected chi connectivity index (χ0v) is 18.0. The molecule has 1 heterocycles. The SMILES string of the molecule is C=CCN=c1scc(-c2ccccc2Br)n1N=Cc1ccc(OC)c(OC)c1. The maximum atomic E-state index is 5.37. The molecule has 2 aromatic carbocycles. The van der Waals surface area contributed by atoms with Crippen LogP contribution in [0, 0.1) is 0 Å². The Balaban J connectivity index is 2.07. The van der Waals surface area contributed by atoms with Crippen LogP contribution in [-0.4, -0.2) is 31.7 Å². The number of aromatic nitrogens is 1. The Bertz CT molecular complexity index is 1070. The molecule has 3 rings (SSSR count). The predicted molar refractivity (Wildman–Crippen MR) is 119 cm³/mol. The molecule has 0 radical (unpaired) electrons. The van der Waals surface area contributed by atoms with Crippen LogP contribution in [0.25, 0.3) is 11.3 Å². The Morgan fingerprint density at radius 3 is 2.64 bits per heavy atom. The summed E-state index contributed by atoms with van der Waals surface area (Å²) in [5.41, 5.74) is 2.89. The lowest BCUT2D eigenvalue weighted by Gasteiger charge is -2.08. The minimum Gasteiger partial charge on any atom is -0.493 e. The van der Waals surface area contributed by atoms with Crippen molar-refractivity contribution in [1.82, 2.24) is 4.68 Å². The summed E-state index contributed by atoms with van der Waals surface area (Å²) in [6.45, 7) is 4.27. The van der Waals surface area contributed by atoms with Crippen LogP contribution < -0.4 is 14.3 Å². The summed E-state index contributed by atoms with van der Waals surface area (Å²) in [6, 6.07) is 13.7. The van der Waals surface area contributed by atoms with Gasteiger partial charge in [0.25, 0.3) is 0 Å². The minimum atomic E-state index is 0.530. The van der Waals surface area contributed by atoms with Crippen LogP contribution in [0.1, 0.15) is 5.56 Å². The molecule has 7 heteroatoms. The molecule has 0 saturated carbocycles. The zero-order valence-electron chi connectivity index (χ0n) is 15.6. The minimum absolute atomic E-state index is 0.530. The molecule has 0 spiro atoms. The van der Waals surface area contributed by atoms with Crippen molar-refractivity contribution in [1.29, 1.82) is 0 Å². The van der Waals surface area contributed by atoms with Gasteiger partial charge in [-0.2, -0.15) is 5.10 Å². The maximum absolute atomic E-state index is 5.37. The quantitative estimate of drug-likeness (QED) is 0.371. The number of hydrogen-bond donors (Lipinski definition) is 0. The van der Waals surface area contributed by atoms with Crippen molar-refractivity contribution in [3.05, 3.63) is 75.3 Å². The first-order valence-electron chi connectivity index (χ1n) is 8.51. The highest BCUT2D eigenvalue weighted by Crippen LogP contribution is 2.29. The molecule has 3 aromatic rings. The highest BCUT2D eigenvalue weighted by Gasteiger charge is 2.10. The highest BCUT2D eigenvalue weighted by atomic mass is 79.9. The number of benzene rings is 2. The van der Waals surface area contributed by atoms with Gasteiger partial charge in [-0.1, -0.05) is 40.2 Å². The van der Waals surface area contributed by atoms with Crippen LogP contribution in [0.2, 0.25) is 0 Å². The average molecular weight is 458 g/mol. The highest BCUT2D eigenvalue weighted by molar-refractivity contribution is 9.10. The molecule has 0 fully saturated rings. The van der Waals surface area contributed by atoms with Gasteiger partial charge in [-0.15, -0.1) is 17.9 Å². The first kappa shape index (κ1) is 20.1. The standard InChI is InChI=1S/C21H20BrN3O2S/c1-4-11-23-21-25(18(14-28-21)16-7-5-6-8-17(16)22)24-13-15-9-10-19(26-2)20(12-15)27-3/h4-10,12-14H,1,11H2,2-3H3. The van der Waals surface area contributed by atoms with Gasteiger partial charge in [0, 0.05) is 15.4 Å². The van der Waals surface area contributed by atoms with Gasteiger partial charge in [0.05, 0.1) is 32.7 Å². The molecule has 5 nitrogen and oxygen atoms in total. The van der Waals surface area contributed by atoms with E-state index in [0.29, 0.717) is 18.0 Å². The summed E-state index contributed by atoms with van der Waals surface area (Å²) in [4.78, 5) is 5.36. The van der Waals surface area contributed by atoms with Gasteiger partial charge >= 0.3 is 0 Å². The Labute approximate surface area is 176 Å². The van der Waals surface area contributed by atoms with Crippen LogP contribution in [0.4, 0.5) is 0 Å². The van der Waals surface area contributed by atoms with Crippen molar-refractivity contribution in [3.63, 3.8) is 0 Å². The van der Waals surface area contributed by atoms with E-state index in [-0.39, 0.29) is 0 Å². The van der Waals surface area contributed by atoms with E-state index in [2.05, 4.69) is 27.5 Å². The molecule has 0 unspecified atom stereocenters. The van der Waals surface area contributed by atoms with E-state index in [1.807, 2.05) is 52.5 Å². The van der Waals surface area contributed by atoms with Gasteiger partial charge < -0.3 is 9.47 Å². The third-order valence-electron chi connectivity index (χ3n) is 3.92. The van der Waals surface area contributed by atoms with Crippen molar-refractivity contribution in [2.75, 3.05) is 20.8 Å². The molecule has 0 aliphatic heterocycles. The molecule has 144 valence electrons. The average Bonchev–Trinajstić information content (AvgIpc) is 3.13. The van der Waals surface area contributed by atoms with Crippen LogP contribution in [-0.2, 0) is 0 Å². The lowest BCUT2D eigenvalue weighted by Crippen LogP contribution is -2.12. The second-order valence-electron chi connectivity index (χ2n) is 5.68. The molecule has 0 N–H and O–H groups in total. The molecular formula is C21H20BrN3O2S. The van der Waals surface area contributed by atoms with E-state index in [9.17, 15) is 0 Å². The van der Waals surface area contributed by atoms with E-state index in [4.69, 9.17) is 14.6 Å². The largest absolute Gasteiger partial charge is 0.493 e. The number of thiazole rings is 1. The lowest BCUT2D eigenvalue weighted by atomic mass is 10.2. The number of nitrogens with zero attached hydrogens (tertiary/aromatic N) is 3. The first-order chi connectivity index (χ1) is 13.7. The number of hydrogen-bond acceptors (Lipinski definition) is 5. The van der Waals surface area contributed by atoms with Crippen LogP contribution in [0.15, 0.2) is 75.1 Å². The van der Waals surface area contributed by atoms with Crippen LogP contribution in [0.5, 0.6) is 11.5 Å². The van der Waals surface area contributed by atoms with Crippen molar-refractivity contribution >= 4 is 33.5 Å². The van der Waals surface area contributed by atoms with Gasteiger partial charge in [-0.25, -0.2) is 4.68 Å². The van der Waals surface area contributed by atoms with Crippen molar-refractivity contribution in [2.45, 2.75) is 0 Å². The Hall–Kier alpha value is -2.64. The summed E-state index contributed by atoms with van der Waals surface area (Å²) in [5, 5.41) is 6.74. The molecule has 0 saturated heterocycles. The summed E-state index contributed by atoms with van der Waals surface area (Å²) in [6.07, 6.45) is 3.54. The Kier molecular flexibility index (Phi) is 6.84.